The maximum absolute atomic E-state index is 12.0. The van der Waals surface area contributed by atoms with Gasteiger partial charge >= 0.3 is 0 Å². The number of nitrogens with zero attached hydrogens (tertiary/aromatic N) is 1. The van der Waals surface area contributed by atoms with Gasteiger partial charge in [-0.2, -0.15) is 11.3 Å². The highest BCUT2D eigenvalue weighted by Gasteiger charge is 2.16. The first kappa shape index (κ1) is 16.6. The quantitative estimate of drug-likeness (QED) is 0.781. The van der Waals surface area contributed by atoms with Crippen LogP contribution in [0.1, 0.15) is 24.0 Å². The van der Waals surface area contributed by atoms with Crippen molar-refractivity contribution in [3.05, 3.63) is 52.2 Å². The Kier molecular flexibility index (Phi) is 5.48. The lowest BCUT2D eigenvalue weighted by Gasteiger charge is -2.28. The first-order valence-corrected chi connectivity index (χ1v) is 10.4. The van der Waals surface area contributed by atoms with Crippen LogP contribution in [0.5, 0.6) is 0 Å². The molecule has 0 spiro atoms. The highest BCUT2D eigenvalue weighted by atomic mass is 32.2. The number of rotatable bonds is 7. The van der Waals surface area contributed by atoms with Crippen molar-refractivity contribution in [1.29, 1.82) is 0 Å². The summed E-state index contributed by atoms with van der Waals surface area (Å²) in [7, 11) is -3.32. The van der Waals surface area contributed by atoms with E-state index in [1.54, 1.807) is 16.8 Å². The Morgan fingerprint density at radius 1 is 1.13 bits per heavy atom. The number of benzene rings is 1. The van der Waals surface area contributed by atoms with Crippen LogP contribution in [0, 0.1) is 0 Å². The minimum Gasteiger partial charge on any atom is -0.299 e. The number of nitrogens with one attached hydrogen (secondary N) is 1. The molecule has 1 aliphatic heterocycles. The third kappa shape index (κ3) is 4.41. The van der Waals surface area contributed by atoms with Gasteiger partial charge in [0.05, 0.1) is 4.90 Å². The van der Waals surface area contributed by atoms with Gasteiger partial charge in [0.1, 0.15) is 0 Å². The van der Waals surface area contributed by atoms with Crippen LogP contribution in [0.4, 0.5) is 0 Å². The van der Waals surface area contributed by atoms with Crippen LogP contribution in [-0.4, -0.2) is 33.0 Å². The molecule has 6 heteroatoms. The molecule has 1 aromatic heterocycles. The van der Waals surface area contributed by atoms with Gasteiger partial charge < -0.3 is 0 Å². The molecule has 0 radical (unpaired) electrons. The maximum atomic E-state index is 12.0. The summed E-state index contributed by atoms with van der Waals surface area (Å²) < 4.78 is 26.6. The molecule has 0 fully saturated rings. The van der Waals surface area contributed by atoms with Gasteiger partial charge in [0.15, 0.2) is 0 Å². The molecule has 2 heterocycles. The number of unbranched alkanes of at least 4 members (excludes halogenated alkanes) is 1. The van der Waals surface area contributed by atoms with Crippen LogP contribution in [0.25, 0.3) is 0 Å². The monoisotopic (exact) mass is 350 g/mol. The van der Waals surface area contributed by atoms with E-state index in [4.69, 9.17) is 0 Å². The van der Waals surface area contributed by atoms with Crippen LogP contribution >= 0.6 is 11.3 Å². The first-order chi connectivity index (χ1) is 11.1. The van der Waals surface area contributed by atoms with E-state index in [-0.39, 0.29) is 0 Å². The van der Waals surface area contributed by atoms with E-state index in [1.165, 1.54) is 22.5 Å². The summed E-state index contributed by atoms with van der Waals surface area (Å²) in [5.74, 6) is 0. The average molecular weight is 351 g/mol. The lowest BCUT2D eigenvalue weighted by Crippen LogP contribution is -2.32. The van der Waals surface area contributed by atoms with E-state index in [1.807, 2.05) is 0 Å². The zero-order valence-electron chi connectivity index (χ0n) is 13.1. The molecule has 0 unspecified atom stereocenters. The highest BCUT2D eigenvalue weighted by molar-refractivity contribution is 7.89. The van der Waals surface area contributed by atoms with Gasteiger partial charge in [0.25, 0.3) is 0 Å². The summed E-state index contributed by atoms with van der Waals surface area (Å²) in [4.78, 5) is 2.82. The number of fused-ring (bicyclic) bond motifs is 1. The third-order valence-corrected chi connectivity index (χ3v) is 6.50. The summed E-state index contributed by atoms with van der Waals surface area (Å²) in [5.41, 5.74) is 2.89. The van der Waals surface area contributed by atoms with E-state index in [0.29, 0.717) is 11.4 Å². The summed E-state index contributed by atoms with van der Waals surface area (Å²) >= 11 is 1.40. The van der Waals surface area contributed by atoms with Crippen molar-refractivity contribution in [1.82, 2.24) is 9.62 Å². The smallest absolute Gasteiger partial charge is 0.241 e. The Morgan fingerprint density at radius 2 is 1.96 bits per heavy atom. The van der Waals surface area contributed by atoms with Gasteiger partial charge in [-0.25, -0.2) is 13.1 Å². The van der Waals surface area contributed by atoms with Crippen LogP contribution < -0.4 is 4.72 Å². The molecule has 0 bridgehead atoms. The molecule has 4 nitrogen and oxygen atoms in total. The molecule has 1 N–H and O–H groups in total. The molecule has 0 amide bonds. The molecule has 0 saturated heterocycles. The van der Waals surface area contributed by atoms with E-state index in [2.05, 4.69) is 33.9 Å². The number of sulfonamides is 1. The highest BCUT2D eigenvalue weighted by Crippen LogP contribution is 2.18. The Bertz CT molecular complexity index is 727. The molecule has 23 heavy (non-hydrogen) atoms. The van der Waals surface area contributed by atoms with Crippen molar-refractivity contribution in [2.24, 2.45) is 0 Å². The summed E-state index contributed by atoms with van der Waals surface area (Å²) in [6.45, 7) is 3.63. The molecule has 0 aliphatic carbocycles. The molecule has 0 saturated carbocycles. The van der Waals surface area contributed by atoms with Crippen LogP contribution in [0.2, 0.25) is 0 Å². The average Bonchev–Trinajstić information content (AvgIpc) is 3.10. The number of thiophene rings is 1. The van der Waals surface area contributed by atoms with Crippen molar-refractivity contribution in [2.45, 2.75) is 30.7 Å². The van der Waals surface area contributed by atoms with Gasteiger partial charge in [-0.15, -0.1) is 0 Å². The standard InChI is InChI=1S/C17H22N2O2S2/c20-23(21,17-8-12-22-14-17)18-9-3-4-10-19-11-7-15-5-1-2-6-16(15)13-19/h1-2,5-6,8,12,14,18H,3-4,7,9-11,13H2. The van der Waals surface area contributed by atoms with Gasteiger partial charge in [-0.05, 0) is 48.4 Å². The Balaban J connectivity index is 1.38. The minimum absolute atomic E-state index is 0.370. The largest absolute Gasteiger partial charge is 0.299 e. The Morgan fingerprint density at radius 3 is 2.74 bits per heavy atom. The molecule has 3 rings (SSSR count). The van der Waals surface area contributed by atoms with Gasteiger partial charge in [-0.1, -0.05) is 24.3 Å². The summed E-state index contributed by atoms with van der Waals surface area (Å²) in [5, 5.41) is 3.44. The van der Waals surface area contributed by atoms with E-state index >= 15 is 0 Å². The fraction of sp³-hybridized carbons (Fsp3) is 0.412. The van der Waals surface area contributed by atoms with Crippen molar-refractivity contribution < 1.29 is 8.42 Å². The topological polar surface area (TPSA) is 49.4 Å². The maximum Gasteiger partial charge on any atom is 0.241 e. The molecular weight excluding hydrogens is 328 g/mol. The number of hydrogen-bond acceptors (Lipinski definition) is 4. The van der Waals surface area contributed by atoms with Crippen molar-refractivity contribution in [3.8, 4) is 0 Å². The lowest BCUT2D eigenvalue weighted by molar-refractivity contribution is 0.249. The predicted molar refractivity (Wildman–Crippen MR) is 94.2 cm³/mol. The molecular formula is C17H22N2O2S2. The van der Waals surface area contributed by atoms with Crippen LogP contribution in [0.15, 0.2) is 46.0 Å². The van der Waals surface area contributed by atoms with Crippen molar-refractivity contribution >= 4 is 21.4 Å². The molecule has 1 aromatic carbocycles. The van der Waals surface area contributed by atoms with Gasteiger partial charge in [-0.3, -0.25) is 4.90 Å². The predicted octanol–water partition coefficient (Wildman–Crippen LogP) is 2.86. The normalized spacial score (nSPS) is 15.5. The Hall–Kier alpha value is -1.21. The summed E-state index contributed by atoms with van der Waals surface area (Å²) in [6, 6.07) is 10.3. The third-order valence-electron chi connectivity index (χ3n) is 4.21. The molecule has 2 aromatic rings. The zero-order chi connectivity index (χ0) is 16.1. The minimum atomic E-state index is -3.32. The van der Waals surface area contributed by atoms with Gasteiger partial charge in [0.2, 0.25) is 10.0 Å². The van der Waals surface area contributed by atoms with Gasteiger partial charge in [0, 0.05) is 25.0 Å². The second-order valence-electron chi connectivity index (χ2n) is 5.86. The second kappa shape index (κ2) is 7.57. The molecule has 124 valence electrons. The fourth-order valence-corrected chi connectivity index (χ4v) is 5.00. The van der Waals surface area contributed by atoms with E-state index in [0.717, 1.165) is 38.9 Å². The molecule has 1 aliphatic rings. The van der Waals surface area contributed by atoms with E-state index < -0.39 is 10.0 Å². The van der Waals surface area contributed by atoms with Crippen LogP contribution in [0.3, 0.4) is 0 Å². The van der Waals surface area contributed by atoms with Crippen LogP contribution in [-0.2, 0) is 23.0 Å². The lowest BCUT2D eigenvalue weighted by atomic mass is 10.00. The second-order valence-corrected chi connectivity index (χ2v) is 8.41. The first-order valence-electron chi connectivity index (χ1n) is 7.96. The summed E-state index contributed by atoms with van der Waals surface area (Å²) in [6.07, 6.45) is 2.98. The van der Waals surface area contributed by atoms with Crippen molar-refractivity contribution in [3.63, 3.8) is 0 Å². The fourth-order valence-electron chi connectivity index (χ4n) is 2.90. The number of hydrogen-bond donors (Lipinski definition) is 1. The van der Waals surface area contributed by atoms with E-state index in [9.17, 15) is 8.42 Å². The Labute approximate surface area is 142 Å². The molecule has 0 atom stereocenters. The zero-order valence-corrected chi connectivity index (χ0v) is 14.7. The SMILES string of the molecule is O=S(=O)(NCCCCN1CCc2ccccc2C1)c1ccsc1. The van der Waals surface area contributed by atoms with Crippen molar-refractivity contribution in [2.75, 3.05) is 19.6 Å².